The van der Waals surface area contributed by atoms with Crippen molar-refractivity contribution >= 4 is 17.9 Å². The van der Waals surface area contributed by atoms with Gasteiger partial charge in [-0.2, -0.15) is 0 Å². The number of nitrogens with zero attached hydrogens (tertiary/aromatic N) is 1. The molecular formula is C29H34N2O10. The number of aliphatic hydroxyl groups is 1. The molecule has 0 aromatic heterocycles. The van der Waals surface area contributed by atoms with Crippen LogP contribution in [-0.4, -0.2) is 60.4 Å². The van der Waals surface area contributed by atoms with E-state index in [1.165, 1.54) is 44.6 Å². The first-order valence-electron chi connectivity index (χ1n) is 12.8. The fourth-order valence-electron chi connectivity index (χ4n) is 3.77. The summed E-state index contributed by atoms with van der Waals surface area (Å²) in [7, 11) is 1.30. The Morgan fingerprint density at radius 2 is 2.02 bits per heavy atom. The fourth-order valence-corrected chi connectivity index (χ4v) is 3.77. The molecule has 3 N–H and O–H groups in total. The van der Waals surface area contributed by atoms with Gasteiger partial charge < -0.3 is 34.7 Å². The van der Waals surface area contributed by atoms with Crippen LogP contribution in [-0.2, 0) is 39.9 Å². The molecule has 0 amide bonds. The lowest BCUT2D eigenvalue weighted by atomic mass is 10.0. The summed E-state index contributed by atoms with van der Waals surface area (Å²) in [5.41, 5.74) is 7.47. The van der Waals surface area contributed by atoms with Gasteiger partial charge in [0.15, 0.2) is 17.2 Å². The van der Waals surface area contributed by atoms with Gasteiger partial charge in [-0.05, 0) is 54.9 Å². The van der Waals surface area contributed by atoms with E-state index in [9.17, 15) is 19.5 Å². The first kappa shape index (κ1) is 31.1. The van der Waals surface area contributed by atoms with E-state index in [2.05, 4.69) is 0 Å². The highest BCUT2D eigenvalue weighted by Gasteiger charge is 2.27. The number of ether oxygens (including phenoxy) is 3. The second-order valence-corrected chi connectivity index (χ2v) is 9.07. The predicted octanol–water partition coefficient (Wildman–Crippen LogP) is 2.90. The van der Waals surface area contributed by atoms with E-state index in [1.807, 2.05) is 0 Å². The van der Waals surface area contributed by atoms with Gasteiger partial charge in [0.25, 0.3) is 0 Å². The number of hydrogen-bond acceptors (Lipinski definition) is 12. The van der Waals surface area contributed by atoms with Crippen molar-refractivity contribution in [1.82, 2.24) is 5.39 Å². The normalized spacial score (nSPS) is 22.8. The first-order valence-corrected chi connectivity index (χ1v) is 12.8. The molecule has 0 saturated carbocycles. The summed E-state index contributed by atoms with van der Waals surface area (Å²) in [6.45, 7) is 2.68. The highest BCUT2D eigenvalue weighted by Crippen LogP contribution is 2.27. The van der Waals surface area contributed by atoms with E-state index >= 15 is 0 Å². The van der Waals surface area contributed by atoms with Gasteiger partial charge in [-0.15, -0.1) is 0 Å². The van der Waals surface area contributed by atoms with Crippen LogP contribution in [0.25, 0.3) is 0 Å². The van der Waals surface area contributed by atoms with Crippen molar-refractivity contribution in [2.45, 2.75) is 51.4 Å². The summed E-state index contributed by atoms with van der Waals surface area (Å²) < 4.78 is 16.3. The quantitative estimate of drug-likeness (QED) is 0.312. The summed E-state index contributed by atoms with van der Waals surface area (Å²) in [6.07, 6.45) is 9.24. The number of hydrogen-bond donors (Lipinski definition) is 2. The number of carbonyl (C=O) groups is 3. The minimum Gasteiger partial charge on any atom is -0.462 e. The van der Waals surface area contributed by atoms with Gasteiger partial charge >= 0.3 is 17.9 Å². The van der Waals surface area contributed by atoms with Crippen molar-refractivity contribution in [3.8, 4) is 5.75 Å². The van der Waals surface area contributed by atoms with Gasteiger partial charge in [-0.1, -0.05) is 30.4 Å². The van der Waals surface area contributed by atoms with Gasteiger partial charge in [0, 0.05) is 19.0 Å². The van der Waals surface area contributed by atoms with Crippen LogP contribution in [0.5, 0.6) is 5.75 Å². The average molecular weight is 571 g/mol. The van der Waals surface area contributed by atoms with Gasteiger partial charge in [-0.3, -0.25) is 9.59 Å². The smallest absolute Gasteiger partial charge is 0.342 e. The molecule has 3 atom stereocenters. The topological polar surface area (TPSA) is 156 Å². The molecule has 0 unspecified atom stereocenters. The van der Waals surface area contributed by atoms with E-state index in [0.717, 1.165) is 0 Å². The zero-order valence-corrected chi connectivity index (χ0v) is 23.1. The number of cyclic esters (lactones) is 1. The van der Waals surface area contributed by atoms with Gasteiger partial charge in [0.2, 0.25) is 0 Å². The first-order chi connectivity index (χ1) is 19.7. The third-order valence-electron chi connectivity index (χ3n) is 5.88. The van der Waals surface area contributed by atoms with Crippen molar-refractivity contribution in [3.63, 3.8) is 0 Å². The Balaban J connectivity index is 2.09. The molecule has 2 bridgehead atoms. The van der Waals surface area contributed by atoms with Crippen LogP contribution in [0.2, 0.25) is 0 Å². The van der Waals surface area contributed by atoms with E-state index < -0.39 is 36.2 Å². The molecule has 12 nitrogen and oxygen atoms in total. The molecule has 3 rings (SSSR count). The fraction of sp³-hybridized carbons (Fsp3) is 0.345. The van der Waals surface area contributed by atoms with Crippen molar-refractivity contribution in [2.24, 2.45) is 5.73 Å². The maximum Gasteiger partial charge on any atom is 0.342 e. The lowest BCUT2D eigenvalue weighted by Crippen LogP contribution is -2.29. The third kappa shape index (κ3) is 9.94. The summed E-state index contributed by atoms with van der Waals surface area (Å²) in [4.78, 5) is 54.1. The number of esters is 3. The number of allylic oxidation sites excluding steroid dienone is 4. The molecule has 2 aliphatic rings. The molecule has 1 aromatic rings. The lowest BCUT2D eigenvalue weighted by molar-refractivity contribution is -0.462. The Bertz CT molecular complexity index is 1250. The summed E-state index contributed by atoms with van der Waals surface area (Å²) in [6, 6.07) is 4.91. The molecule has 0 radical (unpaired) electrons. The number of nitrogens with two attached hydrogens (primary N) is 1. The van der Waals surface area contributed by atoms with Crippen LogP contribution in [0, 0.1) is 0 Å². The van der Waals surface area contributed by atoms with Crippen LogP contribution in [0.15, 0.2) is 78.3 Å². The van der Waals surface area contributed by atoms with Crippen LogP contribution in [0.1, 0.15) is 42.6 Å². The molecule has 0 saturated heterocycles. The number of rotatable bonds is 3. The second kappa shape index (κ2) is 15.4. The maximum atomic E-state index is 13.6. The molecule has 0 spiro atoms. The number of fused-ring (bicyclic) bond motifs is 2. The van der Waals surface area contributed by atoms with Crippen molar-refractivity contribution in [2.75, 3.05) is 13.7 Å². The Hall–Kier alpha value is -4.39. The van der Waals surface area contributed by atoms with Crippen LogP contribution in [0.4, 0.5) is 0 Å². The zero-order valence-electron chi connectivity index (χ0n) is 23.1. The largest absolute Gasteiger partial charge is 0.462 e. The molecule has 0 aliphatic carbocycles. The summed E-state index contributed by atoms with van der Waals surface area (Å²) >= 11 is 0. The van der Waals surface area contributed by atoms with Crippen molar-refractivity contribution in [1.29, 1.82) is 0 Å². The zero-order chi connectivity index (χ0) is 29.8. The SMILES string of the molecule is CON1OC=CC=C(N)C=CC[C@@H]2CC(=O)O[C@H](COC(C)=O)C=C[C@@H](O)C(C)=CCc3cccc(c3C(=O)O2)O1. The van der Waals surface area contributed by atoms with Crippen LogP contribution >= 0.6 is 0 Å². The minimum atomic E-state index is -1.04. The van der Waals surface area contributed by atoms with E-state index in [1.54, 1.807) is 43.4 Å². The molecule has 0 fully saturated rings. The monoisotopic (exact) mass is 570 g/mol. The third-order valence-corrected chi connectivity index (χ3v) is 5.88. The number of aliphatic hydroxyl groups excluding tert-OH is 1. The van der Waals surface area contributed by atoms with Crippen molar-refractivity contribution in [3.05, 3.63) is 89.4 Å². The molecule has 220 valence electrons. The molecular weight excluding hydrogens is 536 g/mol. The number of benzene rings is 1. The van der Waals surface area contributed by atoms with Gasteiger partial charge in [0.1, 0.15) is 24.5 Å². The molecule has 2 heterocycles. The number of carbonyl (C=O) groups excluding carboxylic acids is 3. The van der Waals surface area contributed by atoms with Crippen LogP contribution in [0.3, 0.4) is 0 Å². The Labute approximate surface area is 237 Å². The van der Waals surface area contributed by atoms with Crippen molar-refractivity contribution < 1.29 is 48.2 Å². The Kier molecular flexibility index (Phi) is 11.7. The van der Waals surface area contributed by atoms with E-state index in [4.69, 9.17) is 34.5 Å². The second-order valence-electron chi connectivity index (χ2n) is 9.07. The average Bonchev–Trinajstić information content (AvgIpc) is 2.93. The molecule has 41 heavy (non-hydrogen) atoms. The Morgan fingerprint density at radius 1 is 1.22 bits per heavy atom. The molecule has 2 aliphatic heterocycles. The van der Waals surface area contributed by atoms with Gasteiger partial charge in [-0.25, -0.2) is 9.63 Å². The predicted molar refractivity (Wildman–Crippen MR) is 145 cm³/mol. The Morgan fingerprint density at radius 3 is 2.78 bits per heavy atom. The van der Waals surface area contributed by atoms with Crippen LogP contribution < -0.4 is 10.6 Å². The van der Waals surface area contributed by atoms with E-state index in [0.29, 0.717) is 22.2 Å². The minimum absolute atomic E-state index is 0.0572. The van der Waals surface area contributed by atoms with E-state index in [-0.39, 0.29) is 37.2 Å². The summed E-state index contributed by atoms with van der Waals surface area (Å²) in [5.74, 6) is -2.00. The highest BCUT2D eigenvalue weighted by molar-refractivity contribution is 5.94. The maximum absolute atomic E-state index is 13.6. The lowest BCUT2D eigenvalue weighted by Gasteiger charge is -2.21. The molecule has 12 heteroatoms. The summed E-state index contributed by atoms with van der Waals surface area (Å²) in [5, 5.41) is 11.4. The standard InChI is InChI=1S/C29H34N2O10/c1-19-12-13-21-7-4-11-26-28(21)29(35)40-23(10-5-8-22(30)9-6-16-38-31(36-3)41-26)17-27(34)39-24(14-15-25(19)33)18-37-20(2)32/h4-9,11-12,14-16,23-25,33H,10,13,17-18,30H2,1-3H3/t23-,24+,25-/m1/s1. The molecule has 1 aromatic carbocycles. The highest BCUT2D eigenvalue weighted by atomic mass is 17.2. The van der Waals surface area contributed by atoms with Gasteiger partial charge in [0.05, 0.1) is 19.6 Å².